The van der Waals surface area contributed by atoms with Crippen molar-refractivity contribution < 1.29 is 13.2 Å². The second-order valence-corrected chi connectivity index (χ2v) is 6.96. The highest BCUT2D eigenvalue weighted by Gasteiger charge is 2.30. The van der Waals surface area contributed by atoms with Crippen LogP contribution in [0.4, 0.5) is 13.2 Å². The molecule has 0 aliphatic carbocycles. The van der Waals surface area contributed by atoms with Crippen molar-refractivity contribution in [2.45, 2.75) is 12.7 Å². The third kappa shape index (κ3) is 3.84. The summed E-state index contributed by atoms with van der Waals surface area (Å²) in [6.07, 6.45) is -2.92. The van der Waals surface area contributed by atoms with Crippen LogP contribution in [0.2, 0.25) is 0 Å². The zero-order valence-electron chi connectivity index (χ0n) is 15.4. The Bertz CT molecular complexity index is 1310. The zero-order valence-corrected chi connectivity index (χ0v) is 16.2. The molecule has 0 saturated carbocycles. The summed E-state index contributed by atoms with van der Waals surface area (Å²) in [5, 5.41) is 6.90. The summed E-state index contributed by atoms with van der Waals surface area (Å²) in [7, 11) is 0. The third-order valence-corrected chi connectivity index (χ3v) is 4.83. The van der Waals surface area contributed by atoms with Crippen LogP contribution in [0, 0.1) is 4.77 Å². The van der Waals surface area contributed by atoms with Crippen LogP contribution in [0.5, 0.6) is 0 Å². The van der Waals surface area contributed by atoms with Gasteiger partial charge in [-0.3, -0.25) is 14.5 Å². The summed E-state index contributed by atoms with van der Waals surface area (Å²) in [6.45, 7) is -0.00686. The van der Waals surface area contributed by atoms with Crippen LogP contribution in [0.15, 0.2) is 77.7 Å². The van der Waals surface area contributed by atoms with Gasteiger partial charge in [-0.05, 0) is 54.2 Å². The number of hydrogen-bond donors (Lipinski definition) is 1. The number of aromatic amines is 1. The molecular formula is C21H15F3N4OS. The van der Waals surface area contributed by atoms with Crippen molar-refractivity contribution in [2.75, 3.05) is 0 Å². The number of hydrogen-bond acceptors (Lipinski definition) is 3. The highest BCUT2D eigenvalue weighted by molar-refractivity contribution is 7.71. The van der Waals surface area contributed by atoms with Gasteiger partial charge in [-0.1, -0.05) is 30.3 Å². The molecule has 0 unspecified atom stereocenters. The molecule has 2 heterocycles. The number of benzene rings is 2. The second kappa shape index (κ2) is 7.75. The molecular weight excluding hydrogens is 413 g/mol. The Morgan fingerprint density at radius 1 is 1.00 bits per heavy atom. The smallest absolute Gasteiger partial charge is 0.310 e. The molecule has 0 spiro atoms. The Morgan fingerprint density at radius 2 is 1.77 bits per heavy atom. The molecule has 4 rings (SSSR count). The van der Waals surface area contributed by atoms with Gasteiger partial charge in [0, 0.05) is 11.9 Å². The fourth-order valence-corrected chi connectivity index (χ4v) is 3.41. The topological polar surface area (TPSA) is 55.6 Å². The largest absolute Gasteiger partial charge is 0.416 e. The molecule has 5 nitrogen and oxygen atoms in total. The lowest BCUT2D eigenvalue weighted by atomic mass is 10.1. The molecule has 1 N–H and O–H groups in total. The molecule has 0 atom stereocenters. The Labute approximate surface area is 174 Å². The number of pyridine rings is 1. The normalized spacial score (nSPS) is 11.6. The molecule has 0 fully saturated rings. The Morgan fingerprint density at radius 3 is 2.50 bits per heavy atom. The van der Waals surface area contributed by atoms with Crippen LogP contribution in [-0.2, 0) is 12.7 Å². The quantitative estimate of drug-likeness (QED) is 0.474. The van der Waals surface area contributed by atoms with Gasteiger partial charge >= 0.3 is 6.18 Å². The third-order valence-electron chi connectivity index (χ3n) is 4.56. The first-order chi connectivity index (χ1) is 14.3. The van der Waals surface area contributed by atoms with E-state index in [1.54, 1.807) is 22.8 Å². The molecule has 0 saturated heterocycles. The van der Waals surface area contributed by atoms with Crippen molar-refractivity contribution in [3.05, 3.63) is 99.2 Å². The molecule has 4 aromatic rings. The number of H-pyrrole nitrogens is 1. The number of nitrogens with one attached hydrogen (secondary N) is 1. The first-order valence-electron chi connectivity index (χ1n) is 8.93. The molecule has 30 heavy (non-hydrogen) atoms. The summed E-state index contributed by atoms with van der Waals surface area (Å²) >= 11 is 5.31. The van der Waals surface area contributed by atoms with Crippen molar-refractivity contribution in [3.8, 4) is 17.1 Å². The first kappa shape index (κ1) is 19.8. The lowest BCUT2D eigenvalue weighted by Gasteiger charge is -2.11. The van der Waals surface area contributed by atoms with E-state index < -0.39 is 11.7 Å². The summed E-state index contributed by atoms with van der Waals surface area (Å²) in [5.41, 5.74) is 0.237. The van der Waals surface area contributed by atoms with Gasteiger partial charge in [0.2, 0.25) is 0 Å². The Hall–Kier alpha value is -3.46. The zero-order chi connectivity index (χ0) is 21.3. The number of halogens is 3. The lowest BCUT2D eigenvalue weighted by Crippen LogP contribution is -2.22. The maximum Gasteiger partial charge on any atom is 0.416 e. The van der Waals surface area contributed by atoms with Gasteiger partial charge in [0.1, 0.15) is 0 Å². The minimum absolute atomic E-state index is 0.00686. The molecule has 0 bridgehead atoms. The molecule has 0 aliphatic rings. The van der Waals surface area contributed by atoms with Gasteiger partial charge < -0.3 is 4.57 Å². The highest BCUT2D eigenvalue weighted by atomic mass is 32.1. The van der Waals surface area contributed by atoms with E-state index in [0.29, 0.717) is 16.2 Å². The molecule has 2 aromatic carbocycles. The highest BCUT2D eigenvalue weighted by Crippen LogP contribution is 2.29. The predicted molar refractivity (Wildman–Crippen MR) is 109 cm³/mol. The van der Waals surface area contributed by atoms with Gasteiger partial charge in [-0.25, -0.2) is 0 Å². The molecule has 0 amide bonds. The maximum absolute atomic E-state index is 13.1. The van der Waals surface area contributed by atoms with Gasteiger partial charge in [-0.15, -0.1) is 0 Å². The van der Waals surface area contributed by atoms with Crippen LogP contribution in [0.25, 0.3) is 17.1 Å². The molecule has 2 aromatic heterocycles. The fraction of sp³-hybridized carbons (Fsp3) is 0.0952. The van der Waals surface area contributed by atoms with Crippen LogP contribution in [-0.4, -0.2) is 19.3 Å². The van der Waals surface area contributed by atoms with E-state index in [2.05, 4.69) is 10.2 Å². The minimum Gasteiger partial charge on any atom is -0.310 e. The van der Waals surface area contributed by atoms with Crippen LogP contribution in [0.1, 0.15) is 11.1 Å². The van der Waals surface area contributed by atoms with E-state index in [1.165, 1.54) is 16.8 Å². The number of para-hydroxylation sites is 1. The van der Waals surface area contributed by atoms with E-state index in [4.69, 9.17) is 12.2 Å². The Balaban J connectivity index is 1.76. The average molecular weight is 428 g/mol. The SMILES string of the molecule is O=c1c(-c2n[nH]c(=S)n2-c2ccccc2)cccn1Cc1cccc(C(F)(F)F)c1. The van der Waals surface area contributed by atoms with Crippen LogP contribution >= 0.6 is 12.2 Å². The summed E-state index contributed by atoms with van der Waals surface area (Å²) in [4.78, 5) is 13.1. The van der Waals surface area contributed by atoms with Gasteiger partial charge in [0.05, 0.1) is 17.7 Å². The van der Waals surface area contributed by atoms with E-state index in [1.807, 2.05) is 30.3 Å². The van der Waals surface area contributed by atoms with Crippen LogP contribution in [0.3, 0.4) is 0 Å². The maximum atomic E-state index is 13.1. The van der Waals surface area contributed by atoms with E-state index in [0.717, 1.165) is 17.8 Å². The number of alkyl halides is 3. The molecule has 0 radical (unpaired) electrons. The Kier molecular flexibility index (Phi) is 5.13. The number of aromatic nitrogens is 4. The van der Waals surface area contributed by atoms with E-state index >= 15 is 0 Å². The number of nitrogens with zero attached hydrogens (tertiary/aromatic N) is 3. The van der Waals surface area contributed by atoms with E-state index in [-0.39, 0.29) is 17.7 Å². The second-order valence-electron chi connectivity index (χ2n) is 6.58. The van der Waals surface area contributed by atoms with Gasteiger partial charge in [0.15, 0.2) is 10.6 Å². The predicted octanol–water partition coefficient (Wildman–Crippen LogP) is 4.83. The van der Waals surface area contributed by atoms with Crippen molar-refractivity contribution in [1.82, 2.24) is 19.3 Å². The summed E-state index contributed by atoms with van der Waals surface area (Å²) in [5.74, 6) is 0.328. The van der Waals surface area contributed by atoms with Crippen molar-refractivity contribution in [3.63, 3.8) is 0 Å². The van der Waals surface area contributed by atoms with Crippen molar-refractivity contribution in [2.24, 2.45) is 0 Å². The summed E-state index contributed by atoms with van der Waals surface area (Å²) in [6, 6.07) is 17.4. The fourth-order valence-electron chi connectivity index (χ4n) is 3.17. The minimum atomic E-state index is -4.45. The molecule has 9 heteroatoms. The average Bonchev–Trinajstić information content (AvgIpc) is 3.11. The lowest BCUT2D eigenvalue weighted by molar-refractivity contribution is -0.137. The van der Waals surface area contributed by atoms with Gasteiger partial charge in [-0.2, -0.15) is 18.3 Å². The first-order valence-corrected chi connectivity index (χ1v) is 9.34. The van der Waals surface area contributed by atoms with Gasteiger partial charge in [0.25, 0.3) is 5.56 Å². The number of rotatable bonds is 4. The molecule has 0 aliphatic heterocycles. The standard InChI is InChI=1S/C21H15F3N4OS/c22-21(23,24)15-7-4-6-14(12-15)13-27-11-5-10-17(19(27)29)18-25-26-20(30)28(18)16-8-2-1-3-9-16/h1-12H,13H2,(H,26,30). The van der Waals surface area contributed by atoms with Crippen molar-refractivity contribution >= 4 is 12.2 Å². The molecule has 152 valence electrons. The monoisotopic (exact) mass is 428 g/mol. The summed E-state index contributed by atoms with van der Waals surface area (Å²) < 4.78 is 42.3. The van der Waals surface area contributed by atoms with E-state index in [9.17, 15) is 18.0 Å². The van der Waals surface area contributed by atoms with Crippen molar-refractivity contribution in [1.29, 1.82) is 0 Å². The van der Waals surface area contributed by atoms with Crippen LogP contribution < -0.4 is 5.56 Å².